The highest BCUT2D eigenvalue weighted by Gasteiger charge is 2.02. The molecule has 0 aliphatic carbocycles. The van der Waals surface area contributed by atoms with E-state index in [1.807, 2.05) is 12.1 Å². The third-order valence-electron chi connectivity index (χ3n) is 2.29. The maximum atomic E-state index is 8.69. The van der Waals surface area contributed by atoms with Gasteiger partial charge in [0.25, 0.3) is 0 Å². The average molecular weight is 194 g/mol. The molecule has 1 aromatic carbocycles. The predicted octanol–water partition coefficient (Wildman–Crippen LogP) is 2.32. The van der Waals surface area contributed by atoms with Gasteiger partial charge in [-0.2, -0.15) is 0 Å². The van der Waals surface area contributed by atoms with Crippen molar-refractivity contribution in [1.82, 2.24) is 0 Å². The normalized spacial score (nSPS) is 10.2. The molecular weight excluding hydrogens is 176 g/mol. The highest BCUT2D eigenvalue weighted by molar-refractivity contribution is 5.36. The van der Waals surface area contributed by atoms with E-state index in [1.54, 1.807) is 7.11 Å². The van der Waals surface area contributed by atoms with Gasteiger partial charge in [0.1, 0.15) is 5.75 Å². The molecule has 78 valence electrons. The summed E-state index contributed by atoms with van der Waals surface area (Å²) in [6.07, 6.45) is 2.85. The monoisotopic (exact) mass is 194 g/mol. The summed E-state index contributed by atoms with van der Waals surface area (Å²) < 4.78 is 5.27. The minimum atomic E-state index is 0.272. The van der Waals surface area contributed by atoms with E-state index < -0.39 is 0 Å². The number of hydrogen-bond acceptors (Lipinski definition) is 2. The first kappa shape index (κ1) is 11.1. The second-order valence-electron chi connectivity index (χ2n) is 3.50. The first-order chi connectivity index (χ1) is 6.77. The number of ether oxygens (including phenoxy) is 1. The lowest BCUT2D eigenvalue weighted by Crippen LogP contribution is -1.94. The largest absolute Gasteiger partial charge is 0.496 e. The Kier molecular flexibility index (Phi) is 4.47. The summed E-state index contributed by atoms with van der Waals surface area (Å²) in [6, 6.07) is 6.20. The summed E-state index contributed by atoms with van der Waals surface area (Å²) in [4.78, 5) is 0. The first-order valence-electron chi connectivity index (χ1n) is 5.02. The van der Waals surface area contributed by atoms with E-state index >= 15 is 0 Å². The molecule has 0 spiro atoms. The van der Waals surface area contributed by atoms with Crippen LogP contribution in [-0.2, 0) is 6.42 Å². The van der Waals surface area contributed by atoms with Gasteiger partial charge in [-0.1, -0.05) is 17.7 Å². The SMILES string of the molecule is COc1ccc(C)cc1CCCCO. The van der Waals surface area contributed by atoms with Gasteiger partial charge >= 0.3 is 0 Å². The van der Waals surface area contributed by atoms with Crippen LogP contribution < -0.4 is 4.74 Å². The number of aliphatic hydroxyl groups is 1. The molecule has 1 N–H and O–H groups in total. The van der Waals surface area contributed by atoms with Gasteiger partial charge < -0.3 is 9.84 Å². The molecule has 0 heterocycles. The average Bonchev–Trinajstić information content (AvgIpc) is 2.19. The van der Waals surface area contributed by atoms with Crippen LogP contribution in [0, 0.1) is 6.92 Å². The Hall–Kier alpha value is -1.02. The Bertz CT molecular complexity index is 282. The van der Waals surface area contributed by atoms with Crippen molar-refractivity contribution in [3.63, 3.8) is 0 Å². The predicted molar refractivity (Wildman–Crippen MR) is 57.8 cm³/mol. The van der Waals surface area contributed by atoms with E-state index in [4.69, 9.17) is 9.84 Å². The summed E-state index contributed by atoms with van der Waals surface area (Å²) >= 11 is 0. The van der Waals surface area contributed by atoms with Crippen molar-refractivity contribution in [3.05, 3.63) is 29.3 Å². The van der Waals surface area contributed by atoms with Crippen LogP contribution in [0.5, 0.6) is 5.75 Å². The minimum Gasteiger partial charge on any atom is -0.496 e. The van der Waals surface area contributed by atoms with Gasteiger partial charge in [0.05, 0.1) is 7.11 Å². The number of aryl methyl sites for hydroxylation is 2. The molecule has 0 radical (unpaired) electrons. The second kappa shape index (κ2) is 5.66. The first-order valence-corrected chi connectivity index (χ1v) is 5.02. The van der Waals surface area contributed by atoms with E-state index in [-0.39, 0.29) is 6.61 Å². The van der Waals surface area contributed by atoms with Gasteiger partial charge in [0.2, 0.25) is 0 Å². The Morgan fingerprint density at radius 3 is 2.71 bits per heavy atom. The molecule has 0 saturated carbocycles. The Balaban J connectivity index is 2.67. The zero-order valence-corrected chi connectivity index (χ0v) is 8.92. The van der Waals surface area contributed by atoms with Crippen LogP contribution in [0.25, 0.3) is 0 Å². The molecule has 1 aromatic rings. The molecule has 0 aliphatic rings. The van der Waals surface area contributed by atoms with Crippen LogP contribution in [0.3, 0.4) is 0 Å². The summed E-state index contributed by atoms with van der Waals surface area (Å²) in [5.74, 6) is 0.952. The van der Waals surface area contributed by atoms with Gasteiger partial charge in [-0.15, -0.1) is 0 Å². The molecule has 0 bridgehead atoms. The second-order valence-corrected chi connectivity index (χ2v) is 3.50. The van der Waals surface area contributed by atoms with Crippen molar-refractivity contribution >= 4 is 0 Å². The van der Waals surface area contributed by atoms with E-state index in [9.17, 15) is 0 Å². The van der Waals surface area contributed by atoms with Crippen LogP contribution in [0.15, 0.2) is 18.2 Å². The lowest BCUT2D eigenvalue weighted by molar-refractivity contribution is 0.284. The zero-order chi connectivity index (χ0) is 10.4. The topological polar surface area (TPSA) is 29.5 Å². The van der Waals surface area contributed by atoms with Crippen molar-refractivity contribution in [1.29, 1.82) is 0 Å². The molecule has 2 nitrogen and oxygen atoms in total. The van der Waals surface area contributed by atoms with Gasteiger partial charge in [0.15, 0.2) is 0 Å². The number of methoxy groups -OCH3 is 1. The lowest BCUT2D eigenvalue weighted by Gasteiger charge is -2.08. The van der Waals surface area contributed by atoms with Crippen molar-refractivity contribution in [2.45, 2.75) is 26.2 Å². The van der Waals surface area contributed by atoms with Gasteiger partial charge in [0, 0.05) is 6.61 Å². The molecule has 0 aromatic heterocycles. The lowest BCUT2D eigenvalue weighted by atomic mass is 10.0. The van der Waals surface area contributed by atoms with E-state index in [0.29, 0.717) is 0 Å². The fourth-order valence-electron chi connectivity index (χ4n) is 1.53. The molecule has 14 heavy (non-hydrogen) atoms. The molecule has 0 amide bonds. The zero-order valence-electron chi connectivity index (χ0n) is 8.92. The molecule has 0 unspecified atom stereocenters. The number of rotatable bonds is 5. The van der Waals surface area contributed by atoms with Gasteiger partial charge in [-0.05, 0) is 37.8 Å². The van der Waals surface area contributed by atoms with Crippen molar-refractivity contribution in [2.24, 2.45) is 0 Å². The number of aliphatic hydroxyl groups excluding tert-OH is 1. The fourth-order valence-corrected chi connectivity index (χ4v) is 1.53. The summed E-state index contributed by atoms with van der Waals surface area (Å²) in [5, 5.41) is 8.69. The Morgan fingerprint density at radius 1 is 1.29 bits per heavy atom. The van der Waals surface area contributed by atoms with E-state index in [2.05, 4.69) is 13.0 Å². The highest BCUT2D eigenvalue weighted by atomic mass is 16.5. The number of unbranched alkanes of at least 4 members (excludes halogenated alkanes) is 1. The summed E-state index contributed by atoms with van der Waals surface area (Å²) in [7, 11) is 1.69. The van der Waals surface area contributed by atoms with E-state index in [0.717, 1.165) is 25.0 Å². The number of hydrogen-bond donors (Lipinski definition) is 1. The van der Waals surface area contributed by atoms with Crippen LogP contribution in [0.1, 0.15) is 24.0 Å². The van der Waals surface area contributed by atoms with Crippen LogP contribution in [0.4, 0.5) is 0 Å². The smallest absolute Gasteiger partial charge is 0.122 e. The molecule has 1 rings (SSSR count). The maximum absolute atomic E-state index is 8.69. The maximum Gasteiger partial charge on any atom is 0.122 e. The van der Waals surface area contributed by atoms with Crippen molar-refractivity contribution < 1.29 is 9.84 Å². The number of benzene rings is 1. The molecule has 2 heteroatoms. The molecule has 0 saturated heterocycles. The third-order valence-corrected chi connectivity index (χ3v) is 2.29. The summed E-state index contributed by atoms with van der Waals surface area (Å²) in [5.41, 5.74) is 2.49. The van der Waals surface area contributed by atoms with Crippen LogP contribution in [-0.4, -0.2) is 18.8 Å². The molecular formula is C12H18O2. The Morgan fingerprint density at radius 2 is 2.07 bits per heavy atom. The molecule has 0 atom stereocenters. The summed E-state index contributed by atoms with van der Waals surface area (Å²) in [6.45, 7) is 2.35. The van der Waals surface area contributed by atoms with Gasteiger partial charge in [-0.3, -0.25) is 0 Å². The van der Waals surface area contributed by atoms with Crippen LogP contribution in [0.2, 0.25) is 0 Å². The minimum absolute atomic E-state index is 0.272. The van der Waals surface area contributed by atoms with Crippen molar-refractivity contribution in [2.75, 3.05) is 13.7 Å². The van der Waals surface area contributed by atoms with Crippen LogP contribution >= 0.6 is 0 Å². The standard InChI is InChI=1S/C12H18O2/c1-10-6-7-12(14-2)11(9-10)5-3-4-8-13/h6-7,9,13H,3-5,8H2,1-2H3. The quantitative estimate of drug-likeness (QED) is 0.729. The van der Waals surface area contributed by atoms with Gasteiger partial charge in [-0.25, -0.2) is 0 Å². The van der Waals surface area contributed by atoms with Crippen molar-refractivity contribution in [3.8, 4) is 5.75 Å². The fraction of sp³-hybridized carbons (Fsp3) is 0.500. The van der Waals surface area contributed by atoms with E-state index in [1.165, 1.54) is 11.1 Å². The molecule has 0 fully saturated rings. The Labute approximate surface area is 85.5 Å². The highest BCUT2D eigenvalue weighted by Crippen LogP contribution is 2.21. The molecule has 0 aliphatic heterocycles. The third kappa shape index (κ3) is 3.04.